The Hall–Kier alpha value is -0.710. The predicted octanol–water partition coefficient (Wildman–Crippen LogP) is 3.15. The first-order valence-corrected chi connectivity index (χ1v) is 7.98. The molecule has 0 aromatic carbocycles. The number of aromatic nitrogens is 1. The molecule has 0 saturated carbocycles. The molecule has 1 aromatic rings. The highest BCUT2D eigenvalue weighted by molar-refractivity contribution is 7.09. The van der Waals surface area contributed by atoms with Crippen molar-refractivity contribution in [2.75, 3.05) is 19.7 Å². The van der Waals surface area contributed by atoms with Crippen LogP contribution in [0.4, 0.5) is 0 Å². The fourth-order valence-electron chi connectivity index (χ4n) is 3.04. The number of ether oxygens (including phenoxy) is 1. The van der Waals surface area contributed by atoms with Crippen molar-refractivity contribution < 1.29 is 4.74 Å². The minimum atomic E-state index is 0.0432. The molecule has 1 aromatic heterocycles. The van der Waals surface area contributed by atoms with Crippen LogP contribution in [0.15, 0.2) is 17.2 Å². The van der Waals surface area contributed by atoms with Gasteiger partial charge in [-0.25, -0.2) is 4.98 Å². The number of thiazole rings is 1. The van der Waals surface area contributed by atoms with E-state index in [2.05, 4.69) is 29.8 Å². The molecule has 1 fully saturated rings. The Balaban J connectivity index is 1.60. The molecular formula is C15H22N2OS. The van der Waals surface area contributed by atoms with Gasteiger partial charge in [0.2, 0.25) is 0 Å². The van der Waals surface area contributed by atoms with Gasteiger partial charge in [-0.2, -0.15) is 0 Å². The first-order chi connectivity index (χ1) is 9.17. The number of rotatable bonds is 2. The minimum absolute atomic E-state index is 0.0432. The van der Waals surface area contributed by atoms with E-state index >= 15 is 0 Å². The zero-order valence-electron chi connectivity index (χ0n) is 11.8. The van der Waals surface area contributed by atoms with E-state index in [4.69, 9.17) is 4.74 Å². The number of hydrogen-bond donors (Lipinski definition) is 0. The highest BCUT2D eigenvalue weighted by atomic mass is 32.1. The summed E-state index contributed by atoms with van der Waals surface area (Å²) in [6.07, 6.45) is 5.74. The largest absolute Gasteiger partial charge is 0.370 e. The van der Waals surface area contributed by atoms with Crippen molar-refractivity contribution in [3.05, 3.63) is 27.7 Å². The SMILES string of the molecule is CC1=CC2(CCN(Cc3scnc3C)CC2)OCC1. The lowest BCUT2D eigenvalue weighted by molar-refractivity contribution is -0.0575. The number of likely N-dealkylation sites (tertiary alicyclic amines) is 1. The summed E-state index contributed by atoms with van der Waals surface area (Å²) in [7, 11) is 0. The van der Waals surface area contributed by atoms with E-state index in [9.17, 15) is 0 Å². The molecule has 4 heteroatoms. The molecule has 2 aliphatic heterocycles. The standard InChI is InChI=1S/C15H22N2OS/c1-12-3-8-18-15(9-12)4-6-17(7-5-15)10-14-13(2)16-11-19-14/h9,11H,3-8,10H2,1-2H3. The van der Waals surface area contributed by atoms with Crippen molar-refractivity contribution in [1.82, 2.24) is 9.88 Å². The first-order valence-electron chi connectivity index (χ1n) is 7.10. The molecule has 0 bridgehead atoms. The smallest absolute Gasteiger partial charge is 0.0889 e. The molecule has 0 unspecified atom stereocenters. The molecule has 3 heterocycles. The van der Waals surface area contributed by atoms with Crippen molar-refractivity contribution in [3.8, 4) is 0 Å². The highest BCUT2D eigenvalue weighted by Gasteiger charge is 2.35. The lowest BCUT2D eigenvalue weighted by atomic mass is 9.87. The van der Waals surface area contributed by atoms with Gasteiger partial charge in [0.25, 0.3) is 0 Å². The van der Waals surface area contributed by atoms with Crippen LogP contribution >= 0.6 is 11.3 Å². The fraction of sp³-hybridized carbons (Fsp3) is 0.667. The Morgan fingerprint density at radius 3 is 2.79 bits per heavy atom. The Morgan fingerprint density at radius 2 is 2.16 bits per heavy atom. The van der Waals surface area contributed by atoms with Gasteiger partial charge >= 0.3 is 0 Å². The Morgan fingerprint density at radius 1 is 1.37 bits per heavy atom. The summed E-state index contributed by atoms with van der Waals surface area (Å²) in [5.74, 6) is 0. The third-order valence-electron chi connectivity index (χ3n) is 4.31. The minimum Gasteiger partial charge on any atom is -0.370 e. The topological polar surface area (TPSA) is 25.4 Å². The summed E-state index contributed by atoms with van der Waals surface area (Å²) >= 11 is 1.77. The van der Waals surface area contributed by atoms with Gasteiger partial charge in [0.1, 0.15) is 0 Å². The number of hydrogen-bond acceptors (Lipinski definition) is 4. The van der Waals surface area contributed by atoms with Crippen LogP contribution in [0.2, 0.25) is 0 Å². The average molecular weight is 278 g/mol. The summed E-state index contributed by atoms with van der Waals surface area (Å²) in [5, 5.41) is 0. The van der Waals surface area contributed by atoms with E-state index in [0.717, 1.165) is 45.5 Å². The van der Waals surface area contributed by atoms with Gasteiger partial charge in [-0.15, -0.1) is 11.3 Å². The Kier molecular flexibility index (Phi) is 3.74. The van der Waals surface area contributed by atoms with E-state index in [-0.39, 0.29) is 5.60 Å². The molecule has 0 atom stereocenters. The van der Waals surface area contributed by atoms with Crippen LogP contribution in [0.5, 0.6) is 0 Å². The van der Waals surface area contributed by atoms with Crippen LogP contribution in [0, 0.1) is 6.92 Å². The first kappa shape index (κ1) is 13.3. The quantitative estimate of drug-likeness (QED) is 0.777. The van der Waals surface area contributed by atoms with Crippen LogP contribution in [0.3, 0.4) is 0 Å². The van der Waals surface area contributed by atoms with Gasteiger partial charge in [-0.05, 0) is 33.1 Å². The van der Waals surface area contributed by atoms with Crippen LogP contribution in [0.1, 0.15) is 36.8 Å². The third-order valence-corrected chi connectivity index (χ3v) is 5.23. The van der Waals surface area contributed by atoms with Crippen molar-refractivity contribution in [2.45, 2.75) is 45.3 Å². The Labute approximate surface area is 119 Å². The molecule has 3 nitrogen and oxygen atoms in total. The average Bonchev–Trinajstić information content (AvgIpc) is 2.78. The zero-order valence-corrected chi connectivity index (χ0v) is 12.6. The normalized spacial score (nSPS) is 23.6. The van der Waals surface area contributed by atoms with E-state index in [0.29, 0.717) is 0 Å². The second kappa shape index (κ2) is 5.35. The molecule has 104 valence electrons. The zero-order chi connectivity index (χ0) is 13.3. The van der Waals surface area contributed by atoms with Gasteiger partial charge in [-0.1, -0.05) is 11.6 Å². The molecule has 0 aliphatic carbocycles. The molecule has 19 heavy (non-hydrogen) atoms. The van der Waals surface area contributed by atoms with Gasteiger partial charge in [0, 0.05) is 24.5 Å². The molecule has 1 saturated heterocycles. The summed E-state index contributed by atoms with van der Waals surface area (Å²) in [6, 6.07) is 0. The van der Waals surface area contributed by atoms with Crippen molar-refractivity contribution in [1.29, 1.82) is 0 Å². The highest BCUT2D eigenvalue weighted by Crippen LogP contribution is 2.33. The molecule has 0 N–H and O–H groups in total. The van der Waals surface area contributed by atoms with E-state index in [1.165, 1.54) is 16.1 Å². The molecule has 0 radical (unpaired) electrons. The predicted molar refractivity (Wildman–Crippen MR) is 78.4 cm³/mol. The Bertz CT molecular complexity index is 472. The summed E-state index contributed by atoms with van der Waals surface area (Å²) in [4.78, 5) is 8.28. The molecule has 2 aliphatic rings. The van der Waals surface area contributed by atoms with Gasteiger partial charge in [0.15, 0.2) is 0 Å². The van der Waals surface area contributed by atoms with Gasteiger partial charge in [0.05, 0.1) is 23.4 Å². The van der Waals surface area contributed by atoms with Gasteiger partial charge < -0.3 is 4.74 Å². The van der Waals surface area contributed by atoms with Crippen molar-refractivity contribution >= 4 is 11.3 Å². The second-order valence-electron chi connectivity index (χ2n) is 5.79. The number of aryl methyl sites for hydroxylation is 1. The number of nitrogens with zero attached hydrogens (tertiary/aromatic N) is 2. The summed E-state index contributed by atoms with van der Waals surface area (Å²) in [5.41, 5.74) is 4.68. The van der Waals surface area contributed by atoms with E-state index in [1.54, 1.807) is 11.3 Å². The third kappa shape index (κ3) is 2.91. The monoisotopic (exact) mass is 278 g/mol. The maximum atomic E-state index is 6.07. The maximum absolute atomic E-state index is 6.07. The lowest BCUT2D eigenvalue weighted by Crippen LogP contribution is -2.46. The number of piperidine rings is 1. The summed E-state index contributed by atoms with van der Waals surface area (Å²) in [6.45, 7) is 8.54. The fourth-order valence-corrected chi connectivity index (χ4v) is 3.86. The second-order valence-corrected chi connectivity index (χ2v) is 6.73. The van der Waals surface area contributed by atoms with Crippen LogP contribution in [-0.2, 0) is 11.3 Å². The van der Waals surface area contributed by atoms with Crippen LogP contribution in [-0.4, -0.2) is 35.2 Å². The molecule has 0 amide bonds. The lowest BCUT2D eigenvalue weighted by Gasteiger charge is -2.42. The van der Waals surface area contributed by atoms with Crippen molar-refractivity contribution in [2.24, 2.45) is 0 Å². The van der Waals surface area contributed by atoms with E-state index in [1.807, 2.05) is 5.51 Å². The maximum Gasteiger partial charge on any atom is 0.0889 e. The van der Waals surface area contributed by atoms with Crippen LogP contribution < -0.4 is 0 Å². The molecule has 3 rings (SSSR count). The molecular weight excluding hydrogens is 256 g/mol. The van der Waals surface area contributed by atoms with Crippen LogP contribution in [0.25, 0.3) is 0 Å². The van der Waals surface area contributed by atoms with E-state index < -0.39 is 0 Å². The van der Waals surface area contributed by atoms with Crippen molar-refractivity contribution in [3.63, 3.8) is 0 Å². The van der Waals surface area contributed by atoms with Gasteiger partial charge in [-0.3, -0.25) is 4.90 Å². The molecule has 1 spiro atoms. The summed E-state index contributed by atoms with van der Waals surface area (Å²) < 4.78 is 6.07.